The number of hydrogen-bond acceptors (Lipinski definition) is 10. The van der Waals surface area contributed by atoms with Crippen molar-refractivity contribution in [2.75, 3.05) is 13.2 Å². The minimum Gasteiger partial charge on any atom is -0.481 e. The Bertz CT molecular complexity index is 900. The van der Waals surface area contributed by atoms with Crippen LogP contribution in [0.1, 0.15) is 58.8 Å². The van der Waals surface area contributed by atoms with Crippen LogP contribution >= 0.6 is 0 Å². The summed E-state index contributed by atoms with van der Waals surface area (Å²) < 4.78 is 11.8. The maximum Gasteiger partial charge on any atom is 0.309 e. The molecule has 5 fully saturated rings. The number of aliphatic hydroxyl groups excluding tert-OH is 7. The molecule has 14 atom stereocenters. The highest BCUT2D eigenvalue weighted by molar-refractivity contribution is 5.75. The van der Waals surface area contributed by atoms with E-state index < -0.39 is 89.9 Å². The Morgan fingerprint density at radius 3 is 2.30 bits per heavy atom. The average Bonchev–Trinajstić information content (AvgIpc) is 3.10. The topological polar surface area (TPSA) is 197 Å². The number of carboxylic acids is 1. The third-order valence-electron chi connectivity index (χ3n) is 11.3. The van der Waals surface area contributed by atoms with E-state index >= 15 is 0 Å². The molecule has 0 amide bonds. The molecule has 0 radical (unpaired) electrons. The smallest absolute Gasteiger partial charge is 0.309 e. The number of rotatable bonds is 5. The Morgan fingerprint density at radius 2 is 1.68 bits per heavy atom. The molecule has 0 aromatic heterocycles. The van der Waals surface area contributed by atoms with E-state index in [1.165, 1.54) is 0 Å². The molecule has 0 aromatic carbocycles. The van der Waals surface area contributed by atoms with Crippen molar-refractivity contribution in [2.45, 2.75) is 107 Å². The molecular weight excluding hydrogens is 488 g/mol. The quantitative estimate of drug-likeness (QED) is 0.216. The fraction of sp³-hybridized carbons (Fsp3) is 0.962. The molecular formula is C26H42O11. The number of carbonyl (C=O) groups is 1. The van der Waals surface area contributed by atoms with Gasteiger partial charge < -0.3 is 50.3 Å². The van der Waals surface area contributed by atoms with Gasteiger partial charge in [-0.25, -0.2) is 0 Å². The molecule has 11 heteroatoms. The van der Waals surface area contributed by atoms with E-state index in [1.807, 2.05) is 6.92 Å². The van der Waals surface area contributed by atoms with Crippen LogP contribution in [0.2, 0.25) is 0 Å². The van der Waals surface area contributed by atoms with Crippen molar-refractivity contribution in [3.63, 3.8) is 0 Å². The first-order valence-electron chi connectivity index (χ1n) is 13.5. The van der Waals surface area contributed by atoms with E-state index in [-0.39, 0.29) is 18.3 Å². The molecule has 1 spiro atoms. The molecule has 37 heavy (non-hydrogen) atoms. The van der Waals surface area contributed by atoms with Crippen LogP contribution in [0.5, 0.6) is 0 Å². The van der Waals surface area contributed by atoms with Gasteiger partial charge in [-0.05, 0) is 62.7 Å². The van der Waals surface area contributed by atoms with Crippen molar-refractivity contribution in [1.29, 1.82) is 0 Å². The lowest BCUT2D eigenvalue weighted by molar-refractivity contribution is -0.335. The summed E-state index contributed by atoms with van der Waals surface area (Å²) in [6.07, 6.45) is -6.18. The summed E-state index contributed by atoms with van der Waals surface area (Å²) in [5.41, 5.74) is -3.84. The van der Waals surface area contributed by atoms with Crippen molar-refractivity contribution in [3.05, 3.63) is 0 Å². The van der Waals surface area contributed by atoms with Gasteiger partial charge in [0, 0.05) is 11.3 Å². The highest BCUT2D eigenvalue weighted by Gasteiger charge is 2.74. The van der Waals surface area contributed by atoms with Crippen molar-refractivity contribution in [1.82, 2.24) is 0 Å². The molecule has 4 aliphatic carbocycles. The van der Waals surface area contributed by atoms with Crippen molar-refractivity contribution < 1.29 is 55.1 Å². The first-order valence-corrected chi connectivity index (χ1v) is 13.5. The lowest BCUT2D eigenvalue weighted by atomic mass is 9.39. The fourth-order valence-electron chi connectivity index (χ4n) is 9.67. The molecule has 5 rings (SSSR count). The van der Waals surface area contributed by atoms with Crippen molar-refractivity contribution in [3.8, 4) is 0 Å². The second kappa shape index (κ2) is 9.07. The summed E-state index contributed by atoms with van der Waals surface area (Å²) in [5.74, 6) is -1.98. The summed E-state index contributed by atoms with van der Waals surface area (Å²) in [6.45, 7) is 2.64. The van der Waals surface area contributed by atoms with Gasteiger partial charge in [0.25, 0.3) is 0 Å². The lowest BCUT2D eigenvalue weighted by Crippen LogP contribution is -2.69. The molecule has 212 valence electrons. The van der Waals surface area contributed by atoms with Crippen molar-refractivity contribution >= 4 is 5.97 Å². The minimum absolute atomic E-state index is 0.120. The SMILES string of the molecule is C[C@]12CCC[C@](C)(C(=O)O)C1C(O)[C@@H](O)C13CC(CCC12)C(CO)(O[C@@H]1O[C@H](CO)[C@@H](O)[C@H](O)[C@H]1O)C3. The second-order valence-electron chi connectivity index (χ2n) is 13.0. The zero-order valence-electron chi connectivity index (χ0n) is 21.4. The van der Waals surface area contributed by atoms with Crippen LogP contribution in [-0.2, 0) is 14.3 Å². The Morgan fingerprint density at radius 1 is 0.973 bits per heavy atom. The lowest BCUT2D eigenvalue weighted by Gasteiger charge is -2.66. The standard InChI is InChI=1S/C26H42O11/c1-23-6-3-7-24(2,22(34)35)19(23)18(32)20(33)25-8-12(4-5-14(23)25)26(10-25,11-28)37-21-17(31)16(30)15(29)13(9-27)36-21/h12-21,27-33H,3-11H2,1-2H3,(H,34,35)/t12?,13-,14?,15-,16+,17-,18?,19?,20-,21+,23-,24+,25?,26?/m1/s1. The van der Waals surface area contributed by atoms with Crippen LogP contribution in [0.4, 0.5) is 0 Å². The van der Waals surface area contributed by atoms with Gasteiger partial charge in [0.2, 0.25) is 0 Å². The van der Waals surface area contributed by atoms with E-state index in [0.29, 0.717) is 32.1 Å². The maximum absolute atomic E-state index is 12.4. The minimum atomic E-state index is -1.63. The molecule has 0 aromatic rings. The van der Waals surface area contributed by atoms with Gasteiger partial charge in [0.05, 0.1) is 36.4 Å². The van der Waals surface area contributed by atoms with E-state index in [9.17, 15) is 45.6 Å². The predicted octanol–water partition coefficient (Wildman–Crippen LogP) is -1.03. The molecule has 5 aliphatic rings. The largest absolute Gasteiger partial charge is 0.481 e. The van der Waals surface area contributed by atoms with Gasteiger partial charge in [-0.3, -0.25) is 4.79 Å². The van der Waals surface area contributed by atoms with Gasteiger partial charge in [-0.1, -0.05) is 13.3 Å². The normalized spacial score (nSPS) is 57.4. The number of ether oxygens (including phenoxy) is 2. The first kappa shape index (κ1) is 27.7. The van der Waals surface area contributed by atoms with E-state index in [1.54, 1.807) is 6.92 Å². The van der Waals surface area contributed by atoms with Crippen LogP contribution in [0.25, 0.3) is 0 Å². The van der Waals surface area contributed by atoms with Crippen molar-refractivity contribution in [2.24, 2.45) is 34.0 Å². The third kappa shape index (κ3) is 3.62. The number of hydrogen-bond donors (Lipinski definition) is 8. The maximum atomic E-state index is 12.4. The highest BCUT2D eigenvalue weighted by atomic mass is 16.7. The third-order valence-corrected chi connectivity index (χ3v) is 11.3. The predicted molar refractivity (Wildman–Crippen MR) is 126 cm³/mol. The van der Waals surface area contributed by atoms with E-state index in [4.69, 9.17) is 9.47 Å². The molecule has 1 heterocycles. The zero-order chi connectivity index (χ0) is 27.1. The van der Waals surface area contributed by atoms with E-state index in [2.05, 4.69) is 0 Å². The summed E-state index contributed by atoms with van der Waals surface area (Å²) in [6, 6.07) is 0. The molecule has 4 saturated carbocycles. The van der Waals surface area contributed by atoms with Crippen LogP contribution in [0, 0.1) is 34.0 Å². The molecule has 8 N–H and O–H groups in total. The molecule has 6 unspecified atom stereocenters. The van der Waals surface area contributed by atoms with Crippen LogP contribution in [0.3, 0.4) is 0 Å². The van der Waals surface area contributed by atoms with Crippen LogP contribution in [0.15, 0.2) is 0 Å². The van der Waals surface area contributed by atoms with Gasteiger partial charge >= 0.3 is 5.97 Å². The number of aliphatic hydroxyl groups is 7. The van der Waals surface area contributed by atoms with E-state index in [0.717, 1.165) is 6.42 Å². The summed E-state index contributed by atoms with van der Waals surface area (Å²) in [4.78, 5) is 12.4. The summed E-state index contributed by atoms with van der Waals surface area (Å²) in [7, 11) is 0. The Labute approximate surface area is 216 Å². The van der Waals surface area contributed by atoms with Gasteiger partial charge in [0.15, 0.2) is 6.29 Å². The Kier molecular flexibility index (Phi) is 6.78. The van der Waals surface area contributed by atoms with Gasteiger partial charge in [0.1, 0.15) is 24.4 Å². The van der Waals surface area contributed by atoms with Gasteiger partial charge in [-0.2, -0.15) is 0 Å². The second-order valence-corrected chi connectivity index (χ2v) is 13.0. The molecule has 1 aliphatic heterocycles. The molecule has 1 saturated heterocycles. The monoisotopic (exact) mass is 530 g/mol. The first-order chi connectivity index (χ1) is 17.3. The zero-order valence-corrected chi connectivity index (χ0v) is 21.4. The summed E-state index contributed by atoms with van der Waals surface area (Å²) >= 11 is 0. The summed E-state index contributed by atoms with van der Waals surface area (Å²) in [5, 5.41) is 84.6. The number of fused-ring (bicyclic) bond motifs is 3. The van der Waals surface area contributed by atoms with Crippen LogP contribution < -0.4 is 0 Å². The Hall–Kier alpha value is -0.890. The number of carboxylic acid groups (broad SMARTS) is 1. The molecule has 11 nitrogen and oxygen atoms in total. The van der Waals surface area contributed by atoms with Gasteiger partial charge in [-0.15, -0.1) is 0 Å². The number of aliphatic carboxylic acids is 1. The fourth-order valence-corrected chi connectivity index (χ4v) is 9.67. The highest BCUT2D eigenvalue weighted by Crippen LogP contribution is 2.73. The average molecular weight is 531 g/mol. The molecule has 2 bridgehead atoms. The Balaban J connectivity index is 1.50. The van der Waals surface area contributed by atoms with Crippen LogP contribution in [-0.4, -0.2) is 109 Å².